The van der Waals surface area contributed by atoms with Crippen molar-refractivity contribution < 1.29 is 0 Å². The lowest BCUT2D eigenvalue weighted by molar-refractivity contribution is 1.02. The van der Waals surface area contributed by atoms with Crippen LogP contribution in [0.2, 0.25) is 10.0 Å². The van der Waals surface area contributed by atoms with Gasteiger partial charge in [0.15, 0.2) is 4.96 Å². The summed E-state index contributed by atoms with van der Waals surface area (Å²) in [5.74, 6) is 0. The number of nitrogens with zero attached hydrogens (tertiary/aromatic N) is 2. The van der Waals surface area contributed by atoms with Crippen LogP contribution in [0.25, 0.3) is 16.2 Å². The molecule has 0 atom stereocenters. The number of imidazole rings is 1. The lowest BCUT2D eigenvalue weighted by atomic mass is 10.1. The second-order valence-electron chi connectivity index (χ2n) is 5.33. The van der Waals surface area contributed by atoms with Crippen molar-refractivity contribution in [2.75, 3.05) is 5.32 Å². The summed E-state index contributed by atoms with van der Waals surface area (Å²) in [6.45, 7) is 0.664. The van der Waals surface area contributed by atoms with Gasteiger partial charge in [-0.05, 0) is 36.4 Å². The normalized spacial score (nSPS) is 11.1. The summed E-state index contributed by atoms with van der Waals surface area (Å²) >= 11 is 13.6. The summed E-state index contributed by atoms with van der Waals surface area (Å²) in [6.07, 6.45) is 2.05. The maximum absolute atomic E-state index is 6.00. The highest BCUT2D eigenvalue weighted by Crippen LogP contribution is 2.28. The zero-order valence-electron chi connectivity index (χ0n) is 12.5. The summed E-state index contributed by atoms with van der Waals surface area (Å²) in [7, 11) is 0. The van der Waals surface area contributed by atoms with Crippen LogP contribution in [-0.2, 0) is 6.54 Å². The Morgan fingerprint density at radius 3 is 2.33 bits per heavy atom. The fourth-order valence-electron chi connectivity index (χ4n) is 2.59. The third-order valence-electron chi connectivity index (χ3n) is 3.78. The van der Waals surface area contributed by atoms with E-state index in [1.165, 1.54) is 0 Å². The van der Waals surface area contributed by atoms with E-state index < -0.39 is 0 Å². The maximum Gasteiger partial charge on any atom is 0.194 e. The second kappa shape index (κ2) is 6.48. The molecule has 0 amide bonds. The summed E-state index contributed by atoms with van der Waals surface area (Å²) in [6, 6.07) is 15.5. The van der Waals surface area contributed by atoms with E-state index in [1.54, 1.807) is 11.3 Å². The first-order valence-corrected chi connectivity index (χ1v) is 9.04. The van der Waals surface area contributed by atoms with Crippen LogP contribution in [0.15, 0.2) is 60.1 Å². The first-order chi connectivity index (χ1) is 11.7. The van der Waals surface area contributed by atoms with Crippen molar-refractivity contribution in [3.63, 3.8) is 0 Å². The van der Waals surface area contributed by atoms with Crippen molar-refractivity contribution in [3.8, 4) is 11.3 Å². The van der Waals surface area contributed by atoms with Gasteiger partial charge in [-0.15, -0.1) is 11.3 Å². The van der Waals surface area contributed by atoms with Crippen LogP contribution in [0.1, 0.15) is 5.69 Å². The van der Waals surface area contributed by atoms with Crippen LogP contribution < -0.4 is 5.32 Å². The van der Waals surface area contributed by atoms with E-state index in [9.17, 15) is 0 Å². The minimum absolute atomic E-state index is 0.664. The number of fused-ring (bicyclic) bond motifs is 1. The number of aromatic nitrogens is 2. The Hall–Kier alpha value is -2.01. The number of hydrogen-bond acceptors (Lipinski definition) is 3. The number of benzene rings is 2. The number of rotatable bonds is 4. The molecule has 0 aliphatic heterocycles. The molecule has 2 aromatic carbocycles. The van der Waals surface area contributed by atoms with Crippen LogP contribution in [0, 0.1) is 0 Å². The number of anilines is 1. The van der Waals surface area contributed by atoms with Gasteiger partial charge in [0, 0.05) is 32.9 Å². The molecule has 1 N–H and O–H groups in total. The highest BCUT2D eigenvalue weighted by molar-refractivity contribution is 7.15. The SMILES string of the molecule is Clc1ccc(NCc2c(-c3ccc(Cl)cc3)nc3sccn23)cc1. The minimum Gasteiger partial charge on any atom is -0.379 e. The molecule has 0 fully saturated rings. The van der Waals surface area contributed by atoms with Gasteiger partial charge in [-0.2, -0.15) is 0 Å². The zero-order chi connectivity index (χ0) is 16.5. The predicted molar refractivity (Wildman–Crippen MR) is 102 cm³/mol. The van der Waals surface area contributed by atoms with E-state index in [0.717, 1.165) is 37.6 Å². The predicted octanol–water partition coefficient (Wildman–Crippen LogP) is 5.98. The van der Waals surface area contributed by atoms with Gasteiger partial charge < -0.3 is 5.32 Å². The van der Waals surface area contributed by atoms with Gasteiger partial charge in [0.05, 0.1) is 17.9 Å². The molecule has 0 aliphatic rings. The van der Waals surface area contributed by atoms with E-state index in [-0.39, 0.29) is 0 Å². The third-order valence-corrected chi connectivity index (χ3v) is 5.04. The molecule has 0 bridgehead atoms. The molecule has 120 valence electrons. The Morgan fingerprint density at radius 1 is 0.958 bits per heavy atom. The first-order valence-electron chi connectivity index (χ1n) is 7.40. The number of halogens is 2. The van der Waals surface area contributed by atoms with Crippen LogP contribution in [-0.4, -0.2) is 9.38 Å². The molecule has 24 heavy (non-hydrogen) atoms. The molecular formula is C18H13Cl2N3S. The molecule has 4 rings (SSSR count). The summed E-state index contributed by atoms with van der Waals surface area (Å²) < 4.78 is 2.12. The van der Waals surface area contributed by atoms with Crippen molar-refractivity contribution in [3.05, 3.63) is 75.8 Å². The number of hydrogen-bond donors (Lipinski definition) is 1. The van der Waals surface area contributed by atoms with Crippen LogP contribution >= 0.6 is 34.5 Å². The molecule has 2 heterocycles. The standard InChI is InChI=1S/C18H13Cl2N3S/c19-13-3-1-12(2-4-13)17-16(23-9-10-24-18(23)22-17)11-21-15-7-5-14(20)6-8-15/h1-10,21H,11H2. The molecule has 0 saturated carbocycles. The second-order valence-corrected chi connectivity index (χ2v) is 7.08. The average molecular weight is 374 g/mol. The van der Waals surface area contributed by atoms with Crippen LogP contribution in [0.3, 0.4) is 0 Å². The molecule has 3 nitrogen and oxygen atoms in total. The molecule has 0 unspecified atom stereocenters. The topological polar surface area (TPSA) is 29.3 Å². The quantitative estimate of drug-likeness (QED) is 0.476. The highest BCUT2D eigenvalue weighted by Gasteiger charge is 2.14. The van der Waals surface area contributed by atoms with E-state index in [0.29, 0.717) is 6.54 Å². The fraction of sp³-hybridized carbons (Fsp3) is 0.0556. The number of thiazole rings is 1. The van der Waals surface area contributed by atoms with Gasteiger partial charge in [-0.1, -0.05) is 35.3 Å². The van der Waals surface area contributed by atoms with Gasteiger partial charge >= 0.3 is 0 Å². The molecule has 0 spiro atoms. The summed E-state index contributed by atoms with van der Waals surface area (Å²) in [5.41, 5.74) is 4.17. The zero-order valence-corrected chi connectivity index (χ0v) is 14.9. The molecule has 6 heteroatoms. The fourth-order valence-corrected chi connectivity index (χ4v) is 3.58. The molecule has 0 saturated heterocycles. The van der Waals surface area contributed by atoms with Gasteiger partial charge in [0.2, 0.25) is 0 Å². The Balaban J connectivity index is 1.70. The van der Waals surface area contributed by atoms with Crippen LogP contribution in [0.4, 0.5) is 5.69 Å². The Bertz CT molecular complexity index is 972. The van der Waals surface area contributed by atoms with Crippen molar-refractivity contribution in [1.29, 1.82) is 0 Å². The van der Waals surface area contributed by atoms with E-state index >= 15 is 0 Å². The lowest BCUT2D eigenvalue weighted by Gasteiger charge is -2.08. The Kier molecular flexibility index (Phi) is 4.19. The molecule has 0 radical (unpaired) electrons. The van der Waals surface area contributed by atoms with E-state index in [2.05, 4.69) is 9.72 Å². The van der Waals surface area contributed by atoms with Crippen molar-refractivity contribution in [1.82, 2.24) is 9.38 Å². The Labute approximate surface area is 153 Å². The van der Waals surface area contributed by atoms with Crippen molar-refractivity contribution in [2.45, 2.75) is 6.54 Å². The maximum atomic E-state index is 6.00. The minimum atomic E-state index is 0.664. The van der Waals surface area contributed by atoms with Gasteiger partial charge in [-0.3, -0.25) is 4.40 Å². The third kappa shape index (κ3) is 3.00. The summed E-state index contributed by atoms with van der Waals surface area (Å²) in [5, 5.41) is 6.93. The van der Waals surface area contributed by atoms with Gasteiger partial charge in [0.1, 0.15) is 0 Å². The average Bonchev–Trinajstić information content (AvgIpc) is 3.17. The van der Waals surface area contributed by atoms with Gasteiger partial charge in [-0.25, -0.2) is 4.98 Å². The molecule has 0 aliphatic carbocycles. The highest BCUT2D eigenvalue weighted by atomic mass is 35.5. The number of nitrogens with one attached hydrogen (secondary N) is 1. The molecule has 4 aromatic rings. The van der Waals surface area contributed by atoms with Crippen molar-refractivity contribution in [2.24, 2.45) is 0 Å². The summed E-state index contributed by atoms with van der Waals surface area (Å²) in [4.78, 5) is 5.76. The largest absolute Gasteiger partial charge is 0.379 e. The monoisotopic (exact) mass is 373 g/mol. The van der Waals surface area contributed by atoms with Crippen molar-refractivity contribution >= 4 is 45.2 Å². The Morgan fingerprint density at radius 2 is 1.62 bits per heavy atom. The van der Waals surface area contributed by atoms with Crippen LogP contribution in [0.5, 0.6) is 0 Å². The molecule has 2 aromatic heterocycles. The first kappa shape index (κ1) is 15.5. The van der Waals surface area contributed by atoms with E-state index in [1.807, 2.05) is 60.1 Å². The van der Waals surface area contributed by atoms with Gasteiger partial charge in [0.25, 0.3) is 0 Å². The van der Waals surface area contributed by atoms with E-state index in [4.69, 9.17) is 28.2 Å². The lowest BCUT2D eigenvalue weighted by Crippen LogP contribution is -2.03. The molecular weight excluding hydrogens is 361 g/mol. The smallest absolute Gasteiger partial charge is 0.194 e.